The standard InChI is InChI=1S/C11H19NO5S/c1-3-17-10(14)5-4-9(13)12-8(11(15)16)6-7-18-2/h8H,3-7H2,1-2H3,(H,12,13)(H,15,16)/t8-/m1/s1. The van der Waals surface area contributed by atoms with Gasteiger partial charge in [-0.05, 0) is 25.4 Å². The molecule has 1 atom stereocenters. The first-order chi connectivity index (χ1) is 8.51. The zero-order chi connectivity index (χ0) is 14.0. The molecule has 1 amide bonds. The van der Waals surface area contributed by atoms with Crippen molar-refractivity contribution in [2.75, 3.05) is 18.6 Å². The highest BCUT2D eigenvalue weighted by Crippen LogP contribution is 2.02. The van der Waals surface area contributed by atoms with Crippen molar-refractivity contribution in [1.82, 2.24) is 5.32 Å². The van der Waals surface area contributed by atoms with Crippen molar-refractivity contribution in [1.29, 1.82) is 0 Å². The first kappa shape index (κ1) is 16.8. The number of carbonyl (C=O) groups is 3. The van der Waals surface area contributed by atoms with Crippen LogP contribution in [-0.2, 0) is 19.1 Å². The number of carbonyl (C=O) groups excluding carboxylic acids is 2. The molecule has 0 heterocycles. The Bertz CT molecular complexity index is 295. The summed E-state index contributed by atoms with van der Waals surface area (Å²) in [5, 5.41) is 11.3. The Kier molecular flexibility index (Phi) is 9.08. The third-order valence-electron chi connectivity index (χ3n) is 2.11. The minimum Gasteiger partial charge on any atom is -0.480 e. The monoisotopic (exact) mass is 277 g/mol. The van der Waals surface area contributed by atoms with Crippen LogP contribution in [0.4, 0.5) is 0 Å². The first-order valence-electron chi connectivity index (χ1n) is 5.68. The Balaban J connectivity index is 4.02. The van der Waals surface area contributed by atoms with Crippen LogP contribution >= 0.6 is 11.8 Å². The summed E-state index contributed by atoms with van der Waals surface area (Å²) >= 11 is 1.51. The van der Waals surface area contributed by atoms with E-state index < -0.39 is 23.9 Å². The predicted molar refractivity (Wildman–Crippen MR) is 68.4 cm³/mol. The quantitative estimate of drug-likeness (QED) is 0.601. The maximum absolute atomic E-state index is 11.4. The Morgan fingerprint density at radius 1 is 1.33 bits per heavy atom. The zero-order valence-corrected chi connectivity index (χ0v) is 11.4. The lowest BCUT2D eigenvalue weighted by Gasteiger charge is -2.13. The number of nitrogens with one attached hydrogen (secondary N) is 1. The molecule has 0 saturated carbocycles. The average molecular weight is 277 g/mol. The van der Waals surface area contributed by atoms with E-state index in [1.165, 1.54) is 11.8 Å². The molecule has 0 fully saturated rings. The summed E-state index contributed by atoms with van der Waals surface area (Å²) in [6.45, 7) is 1.95. The van der Waals surface area contributed by atoms with Crippen LogP contribution in [0.15, 0.2) is 0 Å². The van der Waals surface area contributed by atoms with Gasteiger partial charge in [0.05, 0.1) is 13.0 Å². The molecular weight excluding hydrogens is 258 g/mol. The lowest BCUT2D eigenvalue weighted by atomic mass is 10.2. The van der Waals surface area contributed by atoms with Gasteiger partial charge in [0.1, 0.15) is 6.04 Å². The summed E-state index contributed by atoms with van der Waals surface area (Å²) in [7, 11) is 0. The van der Waals surface area contributed by atoms with Crippen molar-refractivity contribution in [3.05, 3.63) is 0 Å². The summed E-state index contributed by atoms with van der Waals surface area (Å²) in [6.07, 6.45) is 2.14. The van der Waals surface area contributed by atoms with Gasteiger partial charge in [0, 0.05) is 6.42 Å². The maximum atomic E-state index is 11.4. The fourth-order valence-electron chi connectivity index (χ4n) is 1.21. The molecule has 0 aliphatic rings. The lowest BCUT2D eigenvalue weighted by Crippen LogP contribution is -2.41. The lowest BCUT2D eigenvalue weighted by molar-refractivity contribution is -0.144. The van der Waals surface area contributed by atoms with Crippen molar-refractivity contribution in [3.63, 3.8) is 0 Å². The molecule has 0 unspecified atom stereocenters. The highest BCUT2D eigenvalue weighted by molar-refractivity contribution is 7.98. The van der Waals surface area contributed by atoms with E-state index in [0.29, 0.717) is 12.2 Å². The molecule has 0 aromatic rings. The molecule has 2 N–H and O–H groups in total. The molecule has 0 saturated heterocycles. The number of hydrogen-bond donors (Lipinski definition) is 2. The van der Waals surface area contributed by atoms with Crippen LogP contribution in [0.25, 0.3) is 0 Å². The molecule has 0 aromatic heterocycles. The van der Waals surface area contributed by atoms with Gasteiger partial charge in [-0.15, -0.1) is 0 Å². The molecule has 104 valence electrons. The molecular formula is C11H19NO5S. The van der Waals surface area contributed by atoms with Crippen LogP contribution in [0.1, 0.15) is 26.2 Å². The number of amides is 1. The molecule has 0 bridgehead atoms. The van der Waals surface area contributed by atoms with E-state index in [1.54, 1.807) is 6.92 Å². The molecule has 0 aliphatic carbocycles. The Morgan fingerprint density at radius 2 is 2.00 bits per heavy atom. The van der Waals surface area contributed by atoms with E-state index in [-0.39, 0.29) is 19.4 Å². The van der Waals surface area contributed by atoms with E-state index in [2.05, 4.69) is 10.1 Å². The van der Waals surface area contributed by atoms with Crippen LogP contribution in [0.3, 0.4) is 0 Å². The van der Waals surface area contributed by atoms with Gasteiger partial charge >= 0.3 is 11.9 Å². The van der Waals surface area contributed by atoms with Gasteiger partial charge < -0.3 is 15.2 Å². The van der Waals surface area contributed by atoms with Crippen LogP contribution in [0.2, 0.25) is 0 Å². The van der Waals surface area contributed by atoms with Crippen LogP contribution in [0, 0.1) is 0 Å². The topological polar surface area (TPSA) is 92.7 Å². The minimum absolute atomic E-state index is 0.0332. The SMILES string of the molecule is CCOC(=O)CCC(=O)N[C@H](CCSC)C(=O)O. The fourth-order valence-corrected chi connectivity index (χ4v) is 1.68. The van der Waals surface area contributed by atoms with Crippen LogP contribution in [0.5, 0.6) is 0 Å². The zero-order valence-electron chi connectivity index (χ0n) is 10.6. The Labute approximate surface area is 110 Å². The molecule has 0 aliphatic heterocycles. The van der Waals surface area contributed by atoms with E-state index in [1.807, 2.05) is 6.26 Å². The van der Waals surface area contributed by atoms with Crippen molar-refractivity contribution in [3.8, 4) is 0 Å². The number of hydrogen-bond acceptors (Lipinski definition) is 5. The number of aliphatic carboxylic acids is 1. The molecule has 6 nitrogen and oxygen atoms in total. The fraction of sp³-hybridized carbons (Fsp3) is 0.727. The molecule has 0 aromatic carbocycles. The van der Waals surface area contributed by atoms with Crippen LogP contribution in [-0.4, -0.2) is 47.6 Å². The average Bonchev–Trinajstić information content (AvgIpc) is 2.32. The first-order valence-corrected chi connectivity index (χ1v) is 7.07. The van der Waals surface area contributed by atoms with Crippen LogP contribution < -0.4 is 5.32 Å². The molecule has 7 heteroatoms. The van der Waals surface area contributed by atoms with Gasteiger partial charge in [0.25, 0.3) is 0 Å². The van der Waals surface area contributed by atoms with Gasteiger partial charge in [0.15, 0.2) is 0 Å². The van der Waals surface area contributed by atoms with Gasteiger partial charge in [-0.3, -0.25) is 9.59 Å². The number of rotatable bonds is 9. The Morgan fingerprint density at radius 3 is 2.50 bits per heavy atom. The minimum atomic E-state index is -1.06. The maximum Gasteiger partial charge on any atom is 0.326 e. The number of thioether (sulfide) groups is 1. The normalized spacial score (nSPS) is 11.7. The van der Waals surface area contributed by atoms with E-state index >= 15 is 0 Å². The largest absolute Gasteiger partial charge is 0.480 e. The van der Waals surface area contributed by atoms with Gasteiger partial charge in [-0.2, -0.15) is 11.8 Å². The van der Waals surface area contributed by atoms with Gasteiger partial charge in [-0.25, -0.2) is 4.79 Å². The van der Waals surface area contributed by atoms with Crippen molar-refractivity contribution < 1.29 is 24.2 Å². The van der Waals surface area contributed by atoms with Crippen molar-refractivity contribution in [2.24, 2.45) is 0 Å². The van der Waals surface area contributed by atoms with Crippen molar-refractivity contribution >= 4 is 29.6 Å². The number of esters is 1. The highest BCUT2D eigenvalue weighted by Gasteiger charge is 2.19. The summed E-state index contributed by atoms with van der Waals surface area (Å²) < 4.78 is 4.67. The number of carboxylic acids is 1. The van der Waals surface area contributed by atoms with E-state index in [0.717, 1.165) is 0 Å². The van der Waals surface area contributed by atoms with Gasteiger partial charge in [0.2, 0.25) is 5.91 Å². The highest BCUT2D eigenvalue weighted by atomic mass is 32.2. The van der Waals surface area contributed by atoms with E-state index in [4.69, 9.17) is 5.11 Å². The summed E-state index contributed by atoms with van der Waals surface area (Å²) in [4.78, 5) is 33.3. The summed E-state index contributed by atoms with van der Waals surface area (Å²) in [5.41, 5.74) is 0. The number of ether oxygens (including phenoxy) is 1. The third kappa shape index (κ3) is 7.94. The molecule has 0 radical (unpaired) electrons. The smallest absolute Gasteiger partial charge is 0.326 e. The molecule has 18 heavy (non-hydrogen) atoms. The summed E-state index contributed by atoms with van der Waals surface area (Å²) in [5.74, 6) is -1.32. The molecule has 0 rings (SSSR count). The van der Waals surface area contributed by atoms with E-state index in [9.17, 15) is 14.4 Å². The van der Waals surface area contributed by atoms with Crippen molar-refractivity contribution in [2.45, 2.75) is 32.2 Å². The summed E-state index contributed by atoms with van der Waals surface area (Å²) in [6, 6.07) is -0.896. The second-order valence-electron chi connectivity index (χ2n) is 3.54. The third-order valence-corrected chi connectivity index (χ3v) is 2.75. The predicted octanol–water partition coefficient (Wildman–Crippen LogP) is 0.652. The number of carboxylic acid groups (broad SMARTS) is 1. The second kappa shape index (κ2) is 9.76. The second-order valence-corrected chi connectivity index (χ2v) is 4.53. The molecule has 0 spiro atoms. The van der Waals surface area contributed by atoms with Gasteiger partial charge in [-0.1, -0.05) is 0 Å². The Hall–Kier alpha value is -1.24.